The van der Waals surface area contributed by atoms with Crippen molar-refractivity contribution >= 4 is 34.9 Å². The lowest BCUT2D eigenvalue weighted by molar-refractivity contribution is -0.00733. The Hall–Kier alpha value is -4.48. The lowest BCUT2D eigenvalue weighted by Gasteiger charge is -2.28. The van der Waals surface area contributed by atoms with Crippen molar-refractivity contribution < 1.29 is 19.2 Å². The highest BCUT2D eigenvalue weighted by atomic mass is 16.7. The zero-order chi connectivity index (χ0) is 22.7. The standard InChI is InChI=1S/C20H20N8O4/c1-22-19(21)23-11-6-12-26(27-17(29)13-7-2-3-8-14(13)18(27)30)20(31)32-28-16-10-5-4-9-15(16)24-25-28/h2-5,7-10H,6,11-12H2,1H3,(H3,21,22,23). The molecule has 1 aliphatic rings. The number of benzene rings is 2. The van der Waals surface area contributed by atoms with Crippen molar-refractivity contribution in [2.45, 2.75) is 6.42 Å². The van der Waals surface area contributed by atoms with E-state index in [0.717, 1.165) is 14.9 Å². The van der Waals surface area contributed by atoms with E-state index in [-0.39, 0.29) is 23.6 Å². The minimum absolute atomic E-state index is 0.0130. The number of nitrogens with zero attached hydrogens (tertiary/aromatic N) is 6. The summed E-state index contributed by atoms with van der Waals surface area (Å²) in [5.74, 6) is -1.00. The van der Waals surface area contributed by atoms with E-state index in [2.05, 4.69) is 20.6 Å². The molecule has 3 amide bonds. The van der Waals surface area contributed by atoms with Crippen LogP contribution in [0.3, 0.4) is 0 Å². The van der Waals surface area contributed by atoms with Gasteiger partial charge in [0.1, 0.15) is 11.0 Å². The van der Waals surface area contributed by atoms with Crippen molar-refractivity contribution in [3.8, 4) is 0 Å². The lowest BCUT2D eigenvalue weighted by Crippen LogP contribution is -2.52. The third-order valence-corrected chi connectivity index (χ3v) is 4.80. The molecule has 2 aromatic carbocycles. The second kappa shape index (κ2) is 8.71. The van der Waals surface area contributed by atoms with Gasteiger partial charge in [-0.3, -0.25) is 19.4 Å². The molecule has 164 valence electrons. The SMILES string of the molecule is CN=C(N)NCCCN(C(=O)On1nnc2ccccc21)N1C(=O)c2ccccc2C1=O. The molecule has 0 bridgehead atoms. The topological polar surface area (TPSA) is 148 Å². The zero-order valence-corrected chi connectivity index (χ0v) is 17.1. The smallest absolute Gasteiger partial charge is 0.370 e. The second-order valence-electron chi connectivity index (χ2n) is 6.79. The number of aliphatic imine (C=N–C) groups is 1. The number of carbonyl (C=O) groups is 3. The van der Waals surface area contributed by atoms with Gasteiger partial charge in [-0.15, -0.1) is 5.10 Å². The van der Waals surface area contributed by atoms with Crippen molar-refractivity contribution in [2.24, 2.45) is 10.7 Å². The number of aromatic nitrogens is 3. The molecule has 12 heteroatoms. The Morgan fingerprint density at radius 2 is 1.78 bits per heavy atom. The normalized spacial score (nSPS) is 13.4. The molecular formula is C20H20N8O4. The minimum Gasteiger partial charge on any atom is -0.370 e. The van der Waals surface area contributed by atoms with Crippen molar-refractivity contribution in [2.75, 3.05) is 20.1 Å². The average Bonchev–Trinajstić information content (AvgIpc) is 3.33. The highest BCUT2D eigenvalue weighted by Gasteiger charge is 2.42. The predicted octanol–water partition coefficient (Wildman–Crippen LogP) is 0.417. The highest BCUT2D eigenvalue weighted by molar-refractivity contribution is 6.21. The van der Waals surface area contributed by atoms with Crippen molar-refractivity contribution in [1.82, 2.24) is 30.5 Å². The Kier molecular flexibility index (Phi) is 5.66. The molecule has 12 nitrogen and oxygen atoms in total. The Morgan fingerprint density at radius 1 is 1.12 bits per heavy atom. The summed E-state index contributed by atoms with van der Waals surface area (Å²) in [5.41, 5.74) is 7.01. The van der Waals surface area contributed by atoms with Crippen molar-refractivity contribution in [3.63, 3.8) is 0 Å². The first kappa shape index (κ1) is 20.8. The van der Waals surface area contributed by atoms with E-state index in [9.17, 15) is 14.4 Å². The number of rotatable bonds is 6. The van der Waals surface area contributed by atoms with E-state index in [1.54, 1.807) is 36.4 Å². The molecule has 0 fully saturated rings. The Bertz CT molecular complexity index is 1190. The van der Waals surface area contributed by atoms with Gasteiger partial charge in [0.05, 0.1) is 11.1 Å². The van der Waals surface area contributed by atoms with Crippen molar-refractivity contribution in [3.05, 3.63) is 59.7 Å². The maximum Gasteiger partial charge on any atom is 0.455 e. The summed E-state index contributed by atoms with van der Waals surface area (Å²) < 4.78 is 0. The van der Waals surface area contributed by atoms with Crippen LogP contribution in [0.15, 0.2) is 53.5 Å². The van der Waals surface area contributed by atoms with Crippen LogP contribution in [0.5, 0.6) is 0 Å². The van der Waals surface area contributed by atoms with Crippen molar-refractivity contribution in [1.29, 1.82) is 0 Å². The van der Waals surface area contributed by atoms with Crippen LogP contribution in [0.25, 0.3) is 11.0 Å². The molecular weight excluding hydrogens is 416 g/mol. The van der Waals surface area contributed by atoms with Crippen LogP contribution in [-0.4, -0.2) is 69.2 Å². The first-order valence-corrected chi connectivity index (χ1v) is 9.75. The molecule has 0 atom stereocenters. The Balaban J connectivity index is 1.58. The van der Waals surface area contributed by atoms with E-state index in [1.807, 2.05) is 0 Å². The second-order valence-corrected chi connectivity index (χ2v) is 6.79. The summed E-state index contributed by atoms with van der Waals surface area (Å²) in [4.78, 5) is 49.0. The summed E-state index contributed by atoms with van der Waals surface area (Å²) in [6.07, 6.45) is -0.621. The molecule has 3 aromatic rings. The monoisotopic (exact) mass is 436 g/mol. The third-order valence-electron chi connectivity index (χ3n) is 4.80. The number of carbonyl (C=O) groups excluding carboxylic acids is 3. The molecule has 32 heavy (non-hydrogen) atoms. The number of hydrogen-bond donors (Lipinski definition) is 2. The quantitative estimate of drug-likeness (QED) is 0.186. The first-order chi connectivity index (χ1) is 15.5. The van der Waals surface area contributed by atoms with Gasteiger partial charge in [-0.05, 0) is 35.9 Å². The fourth-order valence-electron chi connectivity index (χ4n) is 3.23. The number of hydrazine groups is 1. The number of fused-ring (bicyclic) bond motifs is 2. The Labute approximate surface area is 182 Å². The first-order valence-electron chi connectivity index (χ1n) is 9.75. The summed E-state index contributed by atoms with van der Waals surface area (Å²) >= 11 is 0. The van der Waals surface area contributed by atoms with Gasteiger partial charge in [-0.2, -0.15) is 5.01 Å². The molecule has 1 aliphatic heterocycles. The number of guanidine groups is 1. The molecule has 4 rings (SSSR count). The zero-order valence-electron chi connectivity index (χ0n) is 17.1. The van der Waals surface area contributed by atoms with Crippen LogP contribution < -0.4 is 15.9 Å². The van der Waals surface area contributed by atoms with E-state index in [0.29, 0.717) is 24.0 Å². The van der Waals surface area contributed by atoms with E-state index in [1.165, 1.54) is 19.2 Å². The molecule has 0 unspecified atom stereocenters. The number of imide groups is 1. The summed E-state index contributed by atoms with van der Waals surface area (Å²) in [7, 11) is 1.53. The number of amides is 3. The number of hydrogen-bond acceptors (Lipinski definition) is 7. The van der Waals surface area contributed by atoms with E-state index < -0.39 is 17.9 Å². The number of para-hydroxylation sites is 1. The molecule has 0 aliphatic carbocycles. The minimum atomic E-state index is -0.965. The lowest BCUT2D eigenvalue weighted by atomic mass is 10.1. The number of nitrogens with two attached hydrogens (primary N) is 1. The van der Waals surface area contributed by atoms with Gasteiger partial charge in [0.15, 0.2) is 5.96 Å². The largest absolute Gasteiger partial charge is 0.455 e. The predicted molar refractivity (Wildman–Crippen MR) is 113 cm³/mol. The molecule has 0 saturated heterocycles. The fourth-order valence-corrected chi connectivity index (χ4v) is 3.23. The molecule has 0 spiro atoms. The van der Waals surface area contributed by atoms with Crippen LogP contribution >= 0.6 is 0 Å². The van der Waals surface area contributed by atoms with Gasteiger partial charge >= 0.3 is 6.09 Å². The summed E-state index contributed by atoms with van der Waals surface area (Å²) in [5, 5.41) is 12.3. The average molecular weight is 436 g/mol. The third kappa shape index (κ3) is 3.80. The Morgan fingerprint density at radius 3 is 2.47 bits per heavy atom. The van der Waals surface area contributed by atoms with Gasteiger partial charge in [0.2, 0.25) is 0 Å². The van der Waals surface area contributed by atoms with Crippen LogP contribution in [0.2, 0.25) is 0 Å². The molecule has 0 radical (unpaired) electrons. The van der Waals surface area contributed by atoms with Crippen LogP contribution in [0.1, 0.15) is 27.1 Å². The van der Waals surface area contributed by atoms with E-state index in [4.69, 9.17) is 10.6 Å². The highest BCUT2D eigenvalue weighted by Crippen LogP contribution is 2.24. The molecule has 2 heterocycles. The summed E-state index contributed by atoms with van der Waals surface area (Å²) in [6, 6.07) is 13.2. The molecule has 1 aromatic heterocycles. The maximum atomic E-state index is 13.1. The fraction of sp³-hybridized carbons (Fsp3) is 0.200. The molecule has 0 saturated carbocycles. The van der Waals surface area contributed by atoms with Crippen LogP contribution in [0, 0.1) is 0 Å². The maximum absolute atomic E-state index is 13.1. The van der Waals surface area contributed by atoms with E-state index >= 15 is 0 Å². The van der Waals surface area contributed by atoms with Crippen LogP contribution in [0.4, 0.5) is 4.79 Å². The van der Waals surface area contributed by atoms with Gasteiger partial charge in [0, 0.05) is 20.1 Å². The van der Waals surface area contributed by atoms with Crippen LogP contribution in [-0.2, 0) is 0 Å². The number of nitrogens with one attached hydrogen (secondary N) is 1. The van der Waals surface area contributed by atoms with Gasteiger partial charge < -0.3 is 11.1 Å². The van der Waals surface area contributed by atoms with Gasteiger partial charge in [0.25, 0.3) is 11.8 Å². The van der Waals surface area contributed by atoms with Gasteiger partial charge in [-0.1, -0.05) is 29.1 Å². The van der Waals surface area contributed by atoms with Gasteiger partial charge in [-0.25, -0.2) is 9.80 Å². The molecule has 3 N–H and O–H groups in total. The summed E-state index contributed by atoms with van der Waals surface area (Å²) in [6.45, 7) is 0.337.